The summed E-state index contributed by atoms with van der Waals surface area (Å²) in [5.74, 6) is 0. The molecule has 114 valence electrons. The van der Waals surface area contributed by atoms with Crippen LogP contribution in [0, 0.1) is 6.92 Å². The quantitative estimate of drug-likeness (QED) is 0.832. The van der Waals surface area contributed by atoms with E-state index in [1.807, 2.05) is 0 Å². The van der Waals surface area contributed by atoms with Crippen LogP contribution >= 0.6 is 0 Å². The first-order valence-corrected chi connectivity index (χ1v) is 6.28. The summed E-state index contributed by atoms with van der Waals surface area (Å²) in [6.07, 6.45) is -2.94. The Labute approximate surface area is 117 Å². The van der Waals surface area contributed by atoms with Gasteiger partial charge in [-0.25, -0.2) is 0 Å². The molecule has 0 spiro atoms. The third kappa shape index (κ3) is 4.24. The van der Waals surface area contributed by atoms with Crippen molar-refractivity contribution in [2.24, 2.45) is 0 Å². The zero-order chi connectivity index (χ0) is 15.8. The lowest BCUT2D eigenvalue weighted by molar-refractivity contribution is -0.142. The zero-order valence-corrected chi connectivity index (χ0v) is 12.4. The Bertz CT molecular complexity index is 464. The topological polar surface area (TPSA) is 47.3 Å². The van der Waals surface area contributed by atoms with E-state index in [0.29, 0.717) is 11.2 Å². The molecular weight excluding hydrogens is 272 g/mol. The first-order chi connectivity index (χ1) is 8.83. The molecule has 0 amide bonds. The smallest absolute Gasteiger partial charge is 0.408 e. The van der Waals surface area contributed by atoms with Gasteiger partial charge >= 0.3 is 13.7 Å². The Morgan fingerprint density at radius 1 is 1.30 bits per heavy atom. The molecule has 0 unspecified atom stereocenters. The molecule has 0 aliphatic heterocycles. The van der Waals surface area contributed by atoms with Crippen molar-refractivity contribution in [2.75, 3.05) is 0 Å². The molecule has 0 aromatic carbocycles. The number of halogens is 3. The van der Waals surface area contributed by atoms with Crippen LogP contribution in [0.1, 0.15) is 33.4 Å². The molecule has 0 aliphatic carbocycles. The van der Waals surface area contributed by atoms with E-state index in [-0.39, 0.29) is 7.48 Å². The van der Waals surface area contributed by atoms with Crippen LogP contribution in [0.25, 0.3) is 0 Å². The maximum atomic E-state index is 12.3. The number of hydrogen-bond acceptors (Lipinski definition) is 3. The zero-order valence-electron chi connectivity index (χ0n) is 12.4. The highest BCUT2D eigenvalue weighted by Crippen LogP contribution is 2.24. The van der Waals surface area contributed by atoms with E-state index >= 15 is 0 Å². The second-order valence-electron chi connectivity index (χ2n) is 5.89. The van der Waals surface area contributed by atoms with Gasteiger partial charge in [-0.3, -0.25) is 4.68 Å². The predicted molar refractivity (Wildman–Crippen MR) is 71.3 cm³/mol. The molecule has 1 aromatic rings. The third-order valence-corrected chi connectivity index (χ3v) is 3.60. The molecule has 20 heavy (non-hydrogen) atoms. The van der Waals surface area contributed by atoms with E-state index in [2.05, 4.69) is 5.10 Å². The molecule has 1 rings (SSSR count). The van der Waals surface area contributed by atoms with Gasteiger partial charge < -0.3 is 9.76 Å². The molecule has 0 radical (unpaired) electrons. The second-order valence-corrected chi connectivity index (χ2v) is 5.89. The van der Waals surface area contributed by atoms with Crippen LogP contribution < -0.4 is 5.46 Å². The largest absolute Gasteiger partial charge is 0.427 e. The Kier molecular flexibility index (Phi) is 4.60. The van der Waals surface area contributed by atoms with Gasteiger partial charge in [-0.05, 0) is 40.1 Å². The van der Waals surface area contributed by atoms with Gasteiger partial charge in [0.05, 0.1) is 11.2 Å². The fourth-order valence-corrected chi connectivity index (χ4v) is 1.39. The Hall–Kier alpha value is -1.02. The number of aliphatic hydroxyl groups is 1. The van der Waals surface area contributed by atoms with Gasteiger partial charge in [-0.15, -0.1) is 0 Å². The minimum Gasteiger partial charge on any atom is -0.427 e. The average molecular weight is 292 g/mol. The fraction of sp³-hybridized carbons (Fsp3) is 0.750. The molecule has 0 bridgehead atoms. The number of nitrogens with zero attached hydrogens (tertiary/aromatic N) is 2. The van der Waals surface area contributed by atoms with Crippen molar-refractivity contribution in [1.82, 2.24) is 9.78 Å². The highest BCUT2D eigenvalue weighted by Gasteiger charge is 2.36. The van der Waals surface area contributed by atoms with Crippen molar-refractivity contribution < 1.29 is 22.9 Å². The van der Waals surface area contributed by atoms with E-state index in [1.165, 1.54) is 6.20 Å². The summed E-state index contributed by atoms with van der Waals surface area (Å²) in [5.41, 5.74) is -0.908. The summed E-state index contributed by atoms with van der Waals surface area (Å²) >= 11 is 0. The molecule has 1 heterocycles. The van der Waals surface area contributed by atoms with Gasteiger partial charge in [-0.1, -0.05) is 0 Å². The van der Waals surface area contributed by atoms with Crippen LogP contribution in [0.4, 0.5) is 13.2 Å². The van der Waals surface area contributed by atoms with E-state index < -0.39 is 23.9 Å². The van der Waals surface area contributed by atoms with Crippen LogP contribution in [-0.4, -0.2) is 39.7 Å². The maximum Gasteiger partial charge on any atom is 0.408 e. The average Bonchev–Trinajstić information content (AvgIpc) is 2.54. The van der Waals surface area contributed by atoms with Crippen LogP contribution in [0.3, 0.4) is 0 Å². The standard InChI is InChI=1S/C12H20BF3N2O2/c1-8-9(6-17-18(8)7-12(14,15)16)13-20-11(4,5)10(2,3)19/h6,13,19H,7H2,1-5H3. The highest BCUT2D eigenvalue weighted by molar-refractivity contribution is 6.47. The van der Waals surface area contributed by atoms with E-state index in [4.69, 9.17) is 4.65 Å². The summed E-state index contributed by atoms with van der Waals surface area (Å²) in [5, 5.41) is 13.7. The number of aromatic nitrogens is 2. The van der Waals surface area contributed by atoms with Crippen LogP contribution in [0.15, 0.2) is 6.20 Å². The van der Waals surface area contributed by atoms with Gasteiger partial charge in [0.25, 0.3) is 0 Å². The third-order valence-electron chi connectivity index (χ3n) is 3.60. The second kappa shape index (κ2) is 5.40. The van der Waals surface area contributed by atoms with Gasteiger partial charge in [-0.2, -0.15) is 18.3 Å². The number of rotatable bonds is 5. The first kappa shape index (κ1) is 17.0. The molecule has 8 heteroatoms. The SMILES string of the molecule is Cc1c(BOC(C)(C)C(C)(C)O)cnn1CC(F)(F)F. The van der Waals surface area contributed by atoms with E-state index in [0.717, 1.165) is 4.68 Å². The molecule has 1 N–H and O–H groups in total. The minimum absolute atomic E-state index is 0.0979. The van der Waals surface area contributed by atoms with Crippen molar-refractivity contribution in [1.29, 1.82) is 0 Å². The Morgan fingerprint density at radius 2 is 1.85 bits per heavy atom. The molecular formula is C12H20BF3N2O2. The van der Waals surface area contributed by atoms with Crippen molar-refractivity contribution in [3.63, 3.8) is 0 Å². The summed E-state index contributed by atoms with van der Waals surface area (Å²) in [6.45, 7) is 7.13. The normalized spacial score (nSPS) is 13.7. The van der Waals surface area contributed by atoms with E-state index in [9.17, 15) is 18.3 Å². The molecule has 0 saturated carbocycles. The van der Waals surface area contributed by atoms with Crippen LogP contribution in [0.2, 0.25) is 0 Å². The monoisotopic (exact) mass is 292 g/mol. The number of hydrogen-bond donors (Lipinski definition) is 1. The highest BCUT2D eigenvalue weighted by atomic mass is 19.4. The summed E-state index contributed by atoms with van der Waals surface area (Å²) in [4.78, 5) is 0. The maximum absolute atomic E-state index is 12.3. The summed E-state index contributed by atoms with van der Waals surface area (Å²) < 4.78 is 43.5. The van der Waals surface area contributed by atoms with Crippen LogP contribution in [-0.2, 0) is 11.2 Å². The summed E-state index contributed by atoms with van der Waals surface area (Å²) in [6, 6.07) is 0. The molecule has 4 nitrogen and oxygen atoms in total. The lowest BCUT2D eigenvalue weighted by atomic mass is 9.83. The van der Waals surface area contributed by atoms with Crippen molar-refractivity contribution in [3.8, 4) is 0 Å². The predicted octanol–water partition coefficient (Wildman–Crippen LogP) is 1.30. The van der Waals surface area contributed by atoms with Gasteiger partial charge in [0, 0.05) is 11.9 Å². The van der Waals surface area contributed by atoms with Crippen LogP contribution in [0.5, 0.6) is 0 Å². The Morgan fingerprint density at radius 3 is 2.30 bits per heavy atom. The molecule has 0 aliphatic rings. The molecule has 0 fully saturated rings. The lowest BCUT2D eigenvalue weighted by Crippen LogP contribution is -2.49. The van der Waals surface area contributed by atoms with Crippen molar-refractivity contribution in [2.45, 2.75) is 58.5 Å². The van der Waals surface area contributed by atoms with Gasteiger partial charge in [0.1, 0.15) is 6.54 Å². The lowest BCUT2D eigenvalue weighted by Gasteiger charge is -2.37. The van der Waals surface area contributed by atoms with Gasteiger partial charge in [0.2, 0.25) is 0 Å². The molecule has 0 saturated heterocycles. The fourth-order valence-electron chi connectivity index (χ4n) is 1.39. The Balaban J connectivity index is 2.76. The number of alkyl halides is 3. The first-order valence-electron chi connectivity index (χ1n) is 6.28. The molecule has 0 atom stereocenters. The van der Waals surface area contributed by atoms with E-state index in [1.54, 1.807) is 34.6 Å². The summed E-state index contributed by atoms with van der Waals surface area (Å²) in [7, 11) is 0.0979. The van der Waals surface area contributed by atoms with Crippen molar-refractivity contribution >= 4 is 12.9 Å². The van der Waals surface area contributed by atoms with Gasteiger partial charge in [0.15, 0.2) is 0 Å². The minimum atomic E-state index is -4.30. The molecule has 1 aromatic heterocycles. The van der Waals surface area contributed by atoms with Crippen molar-refractivity contribution in [3.05, 3.63) is 11.9 Å².